The molecule has 0 aliphatic carbocycles. The van der Waals surface area contributed by atoms with Gasteiger partial charge < -0.3 is 9.64 Å². The molecule has 1 aromatic rings. The number of nitrogens with zero attached hydrogens (tertiary/aromatic N) is 1. The molecule has 5 heteroatoms. The van der Waals surface area contributed by atoms with Crippen LogP contribution in [0.1, 0.15) is 15.9 Å². The first-order chi connectivity index (χ1) is 7.95. The Morgan fingerprint density at radius 3 is 2.47 bits per heavy atom. The number of aryl methyl sites for hydroxylation is 1. The van der Waals surface area contributed by atoms with Crippen LogP contribution < -0.4 is 0 Å². The first-order valence-electron chi connectivity index (χ1n) is 5.03. The Morgan fingerprint density at radius 1 is 1.29 bits per heavy atom. The van der Waals surface area contributed by atoms with Crippen molar-refractivity contribution in [2.75, 3.05) is 21.2 Å². The number of rotatable bonds is 2. The number of amides is 1. The number of carbonyl (C=O) groups excluding carboxylic acids is 2. The standard InChI is InChI=1S/C12H15NO3S/c1-8-5-6-9(11(14)16-4)7-10(8)17-12(15)13(2)3/h5-7H,1-4H3. The van der Waals surface area contributed by atoms with Crippen LogP contribution in [0.3, 0.4) is 0 Å². The van der Waals surface area contributed by atoms with Crippen molar-refractivity contribution in [1.82, 2.24) is 4.90 Å². The lowest BCUT2D eigenvalue weighted by Crippen LogP contribution is -2.16. The molecule has 0 aromatic heterocycles. The van der Waals surface area contributed by atoms with E-state index in [0.29, 0.717) is 5.56 Å². The second-order valence-corrected chi connectivity index (χ2v) is 4.73. The molecule has 0 aliphatic heterocycles. The first-order valence-corrected chi connectivity index (χ1v) is 5.85. The molecule has 0 radical (unpaired) electrons. The van der Waals surface area contributed by atoms with Crippen molar-refractivity contribution in [3.63, 3.8) is 0 Å². The third-order valence-corrected chi connectivity index (χ3v) is 3.37. The summed E-state index contributed by atoms with van der Waals surface area (Å²) in [5, 5.41) is -0.0740. The van der Waals surface area contributed by atoms with E-state index in [-0.39, 0.29) is 5.24 Å². The molecule has 0 fully saturated rings. The molecule has 0 bridgehead atoms. The van der Waals surface area contributed by atoms with Crippen LogP contribution in [0.25, 0.3) is 0 Å². The van der Waals surface area contributed by atoms with Crippen LogP contribution >= 0.6 is 11.8 Å². The maximum absolute atomic E-state index is 11.6. The van der Waals surface area contributed by atoms with E-state index in [1.54, 1.807) is 32.3 Å². The van der Waals surface area contributed by atoms with Gasteiger partial charge in [0.15, 0.2) is 0 Å². The van der Waals surface area contributed by atoms with Crippen LogP contribution in [0, 0.1) is 6.92 Å². The van der Waals surface area contributed by atoms with Gasteiger partial charge in [-0.15, -0.1) is 0 Å². The van der Waals surface area contributed by atoms with Gasteiger partial charge >= 0.3 is 5.97 Å². The molecule has 0 unspecified atom stereocenters. The SMILES string of the molecule is COC(=O)c1ccc(C)c(SC(=O)N(C)C)c1. The van der Waals surface area contributed by atoms with E-state index >= 15 is 0 Å². The molecule has 17 heavy (non-hydrogen) atoms. The smallest absolute Gasteiger partial charge is 0.337 e. The van der Waals surface area contributed by atoms with E-state index in [9.17, 15) is 9.59 Å². The summed E-state index contributed by atoms with van der Waals surface area (Å²) in [5.74, 6) is -0.399. The molecule has 0 spiro atoms. The van der Waals surface area contributed by atoms with Gasteiger partial charge in [-0.05, 0) is 36.4 Å². The quantitative estimate of drug-likeness (QED) is 0.600. The van der Waals surface area contributed by atoms with E-state index in [1.807, 2.05) is 6.92 Å². The highest BCUT2D eigenvalue weighted by Gasteiger charge is 2.12. The molecule has 1 aromatic carbocycles. The number of benzene rings is 1. The Morgan fingerprint density at radius 2 is 1.94 bits per heavy atom. The van der Waals surface area contributed by atoms with Crippen molar-refractivity contribution in [2.24, 2.45) is 0 Å². The van der Waals surface area contributed by atoms with E-state index in [0.717, 1.165) is 22.2 Å². The topological polar surface area (TPSA) is 46.6 Å². The molecule has 0 saturated carbocycles. The summed E-state index contributed by atoms with van der Waals surface area (Å²) in [5.41, 5.74) is 1.41. The minimum Gasteiger partial charge on any atom is -0.465 e. The number of hydrogen-bond acceptors (Lipinski definition) is 4. The molecule has 0 N–H and O–H groups in total. The Bertz CT molecular complexity index is 443. The molecule has 0 heterocycles. The zero-order valence-corrected chi connectivity index (χ0v) is 11.1. The molecule has 1 amide bonds. The van der Waals surface area contributed by atoms with Gasteiger partial charge in [0.1, 0.15) is 0 Å². The van der Waals surface area contributed by atoms with Gasteiger partial charge in [0, 0.05) is 19.0 Å². The van der Waals surface area contributed by atoms with Crippen molar-refractivity contribution < 1.29 is 14.3 Å². The molecule has 0 saturated heterocycles. The lowest BCUT2D eigenvalue weighted by molar-refractivity contribution is 0.0600. The molecule has 4 nitrogen and oxygen atoms in total. The lowest BCUT2D eigenvalue weighted by atomic mass is 10.1. The zero-order chi connectivity index (χ0) is 13.0. The van der Waals surface area contributed by atoms with Crippen LogP contribution in [-0.4, -0.2) is 37.3 Å². The number of methoxy groups -OCH3 is 1. The Balaban J connectivity index is 2.99. The average Bonchev–Trinajstić information content (AvgIpc) is 2.30. The van der Waals surface area contributed by atoms with Crippen LogP contribution in [0.5, 0.6) is 0 Å². The van der Waals surface area contributed by atoms with Crippen molar-refractivity contribution in [3.05, 3.63) is 29.3 Å². The minimum absolute atomic E-state index is 0.0740. The monoisotopic (exact) mass is 253 g/mol. The van der Waals surface area contributed by atoms with Crippen molar-refractivity contribution in [1.29, 1.82) is 0 Å². The number of carbonyl (C=O) groups is 2. The Kier molecular flexibility index (Phi) is 4.57. The molecule has 92 valence electrons. The summed E-state index contributed by atoms with van der Waals surface area (Å²) in [6, 6.07) is 5.16. The summed E-state index contributed by atoms with van der Waals surface area (Å²) >= 11 is 1.10. The zero-order valence-electron chi connectivity index (χ0n) is 10.3. The van der Waals surface area contributed by atoms with Gasteiger partial charge in [-0.1, -0.05) is 6.07 Å². The largest absolute Gasteiger partial charge is 0.465 e. The normalized spacial score (nSPS) is 9.88. The summed E-state index contributed by atoms with van der Waals surface area (Å²) in [4.78, 5) is 25.2. The number of hydrogen-bond donors (Lipinski definition) is 0. The maximum atomic E-state index is 11.6. The fourth-order valence-electron chi connectivity index (χ4n) is 1.14. The fourth-order valence-corrected chi connectivity index (χ4v) is 1.93. The van der Waals surface area contributed by atoms with Gasteiger partial charge in [0.05, 0.1) is 12.7 Å². The Labute approximate surface area is 105 Å². The second kappa shape index (κ2) is 5.72. The van der Waals surface area contributed by atoms with Gasteiger partial charge in [-0.3, -0.25) is 4.79 Å². The summed E-state index contributed by atoms with van der Waals surface area (Å²) in [7, 11) is 4.71. The van der Waals surface area contributed by atoms with E-state index < -0.39 is 5.97 Å². The van der Waals surface area contributed by atoms with E-state index in [1.165, 1.54) is 12.0 Å². The molecular weight excluding hydrogens is 238 g/mol. The van der Waals surface area contributed by atoms with Gasteiger partial charge in [-0.2, -0.15) is 0 Å². The van der Waals surface area contributed by atoms with Gasteiger partial charge in [-0.25, -0.2) is 4.79 Å². The second-order valence-electron chi connectivity index (χ2n) is 3.73. The third kappa shape index (κ3) is 3.49. The van der Waals surface area contributed by atoms with Crippen LogP contribution in [-0.2, 0) is 4.74 Å². The fraction of sp³-hybridized carbons (Fsp3) is 0.333. The highest BCUT2D eigenvalue weighted by atomic mass is 32.2. The lowest BCUT2D eigenvalue weighted by Gasteiger charge is -2.11. The highest BCUT2D eigenvalue weighted by molar-refractivity contribution is 8.13. The van der Waals surface area contributed by atoms with Crippen LogP contribution in [0.15, 0.2) is 23.1 Å². The van der Waals surface area contributed by atoms with E-state index in [4.69, 9.17) is 0 Å². The van der Waals surface area contributed by atoms with Crippen molar-refractivity contribution >= 4 is 23.0 Å². The summed E-state index contributed by atoms with van der Waals surface area (Å²) < 4.78 is 4.64. The van der Waals surface area contributed by atoms with Gasteiger partial charge in [0.25, 0.3) is 5.24 Å². The molecular formula is C12H15NO3S. The molecule has 1 rings (SSSR count). The average molecular weight is 253 g/mol. The number of ether oxygens (including phenoxy) is 1. The number of esters is 1. The highest BCUT2D eigenvalue weighted by Crippen LogP contribution is 2.25. The predicted octanol–water partition coefficient (Wildman–Crippen LogP) is 2.56. The van der Waals surface area contributed by atoms with Gasteiger partial charge in [0.2, 0.25) is 0 Å². The van der Waals surface area contributed by atoms with E-state index in [2.05, 4.69) is 4.74 Å². The predicted molar refractivity (Wildman–Crippen MR) is 67.5 cm³/mol. The van der Waals surface area contributed by atoms with Crippen LogP contribution in [0.2, 0.25) is 0 Å². The molecule has 0 atom stereocenters. The number of thioether (sulfide) groups is 1. The molecule has 0 aliphatic rings. The van der Waals surface area contributed by atoms with Crippen LogP contribution in [0.4, 0.5) is 4.79 Å². The maximum Gasteiger partial charge on any atom is 0.337 e. The minimum atomic E-state index is -0.399. The van der Waals surface area contributed by atoms with Crippen molar-refractivity contribution in [3.8, 4) is 0 Å². The van der Waals surface area contributed by atoms with Crippen molar-refractivity contribution in [2.45, 2.75) is 11.8 Å². The third-order valence-electron chi connectivity index (χ3n) is 2.17. The Hall–Kier alpha value is -1.49. The summed E-state index contributed by atoms with van der Waals surface area (Å²) in [6.07, 6.45) is 0. The first kappa shape index (κ1) is 13.6. The summed E-state index contributed by atoms with van der Waals surface area (Å²) in [6.45, 7) is 1.90.